The van der Waals surface area contributed by atoms with E-state index >= 15 is 0 Å². The Hall–Kier alpha value is -0.420. The lowest BCUT2D eigenvalue weighted by atomic mass is 10.4. The first kappa shape index (κ1) is 10.7. The number of hydrogen-bond acceptors (Lipinski definition) is 5. The Morgan fingerprint density at radius 3 is 3.15 bits per heavy atom. The SMILES string of the molecule is CSCCCOCC1COC(=O)O1. The standard InChI is InChI=1S/C8H14O4S/c1-13-4-2-3-10-5-7-6-11-8(9)12-7/h7H,2-6H2,1H3. The molecule has 1 aliphatic rings. The van der Waals surface area contributed by atoms with Gasteiger partial charge in [0.25, 0.3) is 0 Å². The Kier molecular flexibility index (Phi) is 5.00. The Bertz CT molecular complexity index is 162. The van der Waals surface area contributed by atoms with E-state index in [-0.39, 0.29) is 6.10 Å². The molecule has 1 rings (SSSR count). The van der Waals surface area contributed by atoms with Crippen molar-refractivity contribution >= 4 is 17.9 Å². The van der Waals surface area contributed by atoms with Crippen LogP contribution >= 0.6 is 11.8 Å². The third-order valence-electron chi connectivity index (χ3n) is 1.59. The molecule has 0 aliphatic carbocycles. The molecular weight excluding hydrogens is 192 g/mol. The molecule has 1 atom stereocenters. The summed E-state index contributed by atoms with van der Waals surface area (Å²) in [6.07, 6.45) is 2.30. The maximum absolute atomic E-state index is 10.5. The molecule has 1 unspecified atom stereocenters. The number of cyclic esters (lactones) is 2. The molecule has 0 aromatic heterocycles. The first-order chi connectivity index (χ1) is 6.33. The molecule has 0 spiro atoms. The van der Waals surface area contributed by atoms with E-state index in [0.29, 0.717) is 13.2 Å². The molecule has 1 heterocycles. The van der Waals surface area contributed by atoms with Crippen LogP contribution in [0.4, 0.5) is 4.79 Å². The lowest BCUT2D eigenvalue weighted by molar-refractivity contribution is 0.0465. The van der Waals surface area contributed by atoms with Gasteiger partial charge >= 0.3 is 6.16 Å². The number of carbonyl (C=O) groups is 1. The number of rotatable bonds is 6. The highest BCUT2D eigenvalue weighted by Crippen LogP contribution is 2.06. The summed E-state index contributed by atoms with van der Waals surface area (Å²) in [5.41, 5.74) is 0. The summed E-state index contributed by atoms with van der Waals surface area (Å²) in [6.45, 7) is 1.48. The molecule has 0 bridgehead atoms. The highest BCUT2D eigenvalue weighted by Gasteiger charge is 2.24. The van der Waals surface area contributed by atoms with E-state index in [1.165, 1.54) is 0 Å². The monoisotopic (exact) mass is 206 g/mol. The number of hydrogen-bond donors (Lipinski definition) is 0. The number of carbonyl (C=O) groups excluding carboxylic acids is 1. The van der Waals surface area contributed by atoms with E-state index in [1.807, 2.05) is 0 Å². The number of thioether (sulfide) groups is 1. The fraction of sp³-hybridized carbons (Fsp3) is 0.875. The van der Waals surface area contributed by atoms with Crippen LogP contribution in [0.3, 0.4) is 0 Å². The summed E-state index contributed by atoms with van der Waals surface area (Å²) in [4.78, 5) is 10.5. The van der Waals surface area contributed by atoms with Crippen molar-refractivity contribution < 1.29 is 19.0 Å². The topological polar surface area (TPSA) is 44.8 Å². The minimum atomic E-state index is -0.585. The highest BCUT2D eigenvalue weighted by molar-refractivity contribution is 7.98. The normalized spacial score (nSPS) is 21.3. The summed E-state index contributed by atoms with van der Waals surface area (Å²) >= 11 is 1.79. The maximum Gasteiger partial charge on any atom is 0.508 e. The predicted octanol–water partition coefficient (Wildman–Crippen LogP) is 1.29. The van der Waals surface area contributed by atoms with Crippen molar-refractivity contribution in [3.05, 3.63) is 0 Å². The van der Waals surface area contributed by atoms with E-state index in [0.717, 1.165) is 18.8 Å². The molecule has 4 nitrogen and oxygen atoms in total. The third-order valence-corrected chi connectivity index (χ3v) is 2.29. The Balaban J connectivity index is 1.91. The molecule has 0 aromatic carbocycles. The van der Waals surface area contributed by atoms with Crippen LogP contribution in [0.15, 0.2) is 0 Å². The average molecular weight is 206 g/mol. The summed E-state index contributed by atoms with van der Waals surface area (Å²) in [7, 11) is 0. The van der Waals surface area contributed by atoms with Gasteiger partial charge in [0.15, 0.2) is 6.10 Å². The second-order valence-electron chi connectivity index (χ2n) is 2.72. The third kappa shape index (κ3) is 4.38. The molecule has 1 saturated heterocycles. The van der Waals surface area contributed by atoms with Crippen molar-refractivity contribution in [2.75, 3.05) is 31.8 Å². The molecule has 13 heavy (non-hydrogen) atoms. The molecule has 1 fully saturated rings. The van der Waals surface area contributed by atoms with Crippen LogP contribution in [0.25, 0.3) is 0 Å². The van der Waals surface area contributed by atoms with E-state index in [9.17, 15) is 4.79 Å². The van der Waals surface area contributed by atoms with Crippen LogP contribution in [0.2, 0.25) is 0 Å². The molecule has 0 aromatic rings. The molecule has 0 saturated carbocycles. The van der Waals surface area contributed by atoms with Gasteiger partial charge in [0, 0.05) is 6.61 Å². The minimum absolute atomic E-state index is 0.207. The van der Waals surface area contributed by atoms with Crippen molar-refractivity contribution in [2.24, 2.45) is 0 Å². The zero-order valence-electron chi connectivity index (χ0n) is 7.65. The molecule has 0 amide bonds. The van der Waals surface area contributed by atoms with Crippen LogP contribution in [-0.4, -0.2) is 44.1 Å². The minimum Gasteiger partial charge on any atom is -0.430 e. The van der Waals surface area contributed by atoms with Gasteiger partial charge in [0.1, 0.15) is 6.61 Å². The van der Waals surface area contributed by atoms with Crippen molar-refractivity contribution in [1.29, 1.82) is 0 Å². The van der Waals surface area contributed by atoms with Gasteiger partial charge in [0.2, 0.25) is 0 Å². The number of ether oxygens (including phenoxy) is 3. The zero-order valence-corrected chi connectivity index (χ0v) is 8.47. The Morgan fingerprint density at radius 2 is 2.54 bits per heavy atom. The van der Waals surface area contributed by atoms with Crippen molar-refractivity contribution in [2.45, 2.75) is 12.5 Å². The summed E-state index contributed by atoms with van der Waals surface area (Å²) < 4.78 is 14.7. The maximum atomic E-state index is 10.5. The fourth-order valence-corrected chi connectivity index (χ4v) is 1.37. The largest absolute Gasteiger partial charge is 0.508 e. The zero-order chi connectivity index (χ0) is 9.52. The summed E-state index contributed by atoms with van der Waals surface area (Å²) in [5.74, 6) is 1.10. The van der Waals surface area contributed by atoms with Crippen molar-refractivity contribution in [3.63, 3.8) is 0 Å². The first-order valence-electron chi connectivity index (χ1n) is 4.23. The van der Waals surface area contributed by atoms with Gasteiger partial charge in [-0.05, 0) is 18.4 Å². The fourth-order valence-electron chi connectivity index (χ4n) is 0.967. The molecule has 5 heteroatoms. The van der Waals surface area contributed by atoms with Gasteiger partial charge in [-0.1, -0.05) is 0 Å². The van der Waals surface area contributed by atoms with Crippen molar-refractivity contribution in [1.82, 2.24) is 0 Å². The van der Waals surface area contributed by atoms with Crippen LogP contribution in [0.1, 0.15) is 6.42 Å². The Morgan fingerprint density at radius 1 is 1.69 bits per heavy atom. The summed E-state index contributed by atoms with van der Waals surface area (Å²) in [6, 6.07) is 0. The quantitative estimate of drug-likeness (QED) is 0.484. The van der Waals surface area contributed by atoms with Gasteiger partial charge in [0.05, 0.1) is 6.61 Å². The van der Waals surface area contributed by atoms with E-state index in [2.05, 4.69) is 11.0 Å². The molecule has 0 radical (unpaired) electrons. The van der Waals surface area contributed by atoms with E-state index < -0.39 is 6.16 Å². The smallest absolute Gasteiger partial charge is 0.430 e. The first-order valence-corrected chi connectivity index (χ1v) is 5.62. The van der Waals surface area contributed by atoms with Gasteiger partial charge < -0.3 is 14.2 Å². The van der Waals surface area contributed by atoms with Gasteiger partial charge in [-0.3, -0.25) is 0 Å². The molecule has 76 valence electrons. The van der Waals surface area contributed by atoms with Crippen molar-refractivity contribution in [3.8, 4) is 0 Å². The second-order valence-corrected chi connectivity index (χ2v) is 3.71. The summed E-state index contributed by atoms with van der Waals surface area (Å²) in [5, 5.41) is 0. The molecular formula is C8H14O4S. The van der Waals surface area contributed by atoms with Gasteiger partial charge in [-0.15, -0.1) is 0 Å². The lowest BCUT2D eigenvalue weighted by Crippen LogP contribution is -2.18. The lowest BCUT2D eigenvalue weighted by Gasteiger charge is -2.06. The van der Waals surface area contributed by atoms with Crippen LogP contribution < -0.4 is 0 Å². The van der Waals surface area contributed by atoms with Crippen LogP contribution in [-0.2, 0) is 14.2 Å². The van der Waals surface area contributed by atoms with Gasteiger partial charge in [-0.2, -0.15) is 11.8 Å². The Labute approximate surface area is 81.9 Å². The highest BCUT2D eigenvalue weighted by atomic mass is 32.2. The molecule has 0 N–H and O–H groups in total. The van der Waals surface area contributed by atoms with Crippen LogP contribution in [0.5, 0.6) is 0 Å². The van der Waals surface area contributed by atoms with Crippen LogP contribution in [0, 0.1) is 0 Å². The average Bonchev–Trinajstić information content (AvgIpc) is 2.51. The van der Waals surface area contributed by atoms with Gasteiger partial charge in [-0.25, -0.2) is 4.79 Å². The van der Waals surface area contributed by atoms with E-state index in [1.54, 1.807) is 11.8 Å². The second kappa shape index (κ2) is 6.10. The van der Waals surface area contributed by atoms with E-state index in [4.69, 9.17) is 9.47 Å². The predicted molar refractivity (Wildman–Crippen MR) is 50.0 cm³/mol. The molecule has 1 aliphatic heterocycles.